The highest BCUT2D eigenvalue weighted by Crippen LogP contribution is 2.22. The molecule has 2 aromatic rings. The molecule has 0 aromatic heterocycles. The van der Waals surface area contributed by atoms with Crippen molar-refractivity contribution in [2.24, 2.45) is 0 Å². The van der Waals surface area contributed by atoms with E-state index < -0.39 is 36.5 Å². The molecule has 2 aromatic carbocycles. The van der Waals surface area contributed by atoms with E-state index >= 15 is 0 Å². The molecule has 0 aliphatic carbocycles. The number of carbonyl (C=O) groups is 3. The van der Waals surface area contributed by atoms with E-state index in [0.29, 0.717) is 0 Å². The molecule has 0 saturated carbocycles. The lowest BCUT2D eigenvalue weighted by molar-refractivity contribution is -0.274. The number of alkyl halides is 3. The minimum atomic E-state index is -4.84. The molecule has 2 amide bonds. The van der Waals surface area contributed by atoms with Crippen LogP contribution in [0.3, 0.4) is 0 Å². The van der Waals surface area contributed by atoms with Crippen molar-refractivity contribution in [3.63, 3.8) is 0 Å². The molecule has 0 radical (unpaired) electrons. The molecule has 0 heterocycles. The molecule has 0 aliphatic heterocycles. The van der Waals surface area contributed by atoms with Gasteiger partial charge in [0.15, 0.2) is 6.61 Å². The molecular weight excluding hydrogens is 355 g/mol. The van der Waals surface area contributed by atoms with Gasteiger partial charge in [-0.25, -0.2) is 4.79 Å². The Balaban J connectivity index is 1.84. The van der Waals surface area contributed by atoms with Crippen LogP contribution in [0.1, 0.15) is 20.7 Å². The number of hydrogen-bond donors (Lipinski definition) is 1. The van der Waals surface area contributed by atoms with E-state index in [0.717, 1.165) is 24.3 Å². The molecule has 0 saturated heterocycles. The van der Waals surface area contributed by atoms with Crippen LogP contribution in [0.5, 0.6) is 5.75 Å². The SMILES string of the molecule is O=C(COC(=O)c1ccc(OC(F)(F)F)cc1)NC(=O)c1ccccc1. The fourth-order valence-corrected chi connectivity index (χ4v) is 1.83. The average Bonchev–Trinajstić information content (AvgIpc) is 2.59. The summed E-state index contributed by atoms with van der Waals surface area (Å²) in [6.07, 6.45) is -4.84. The van der Waals surface area contributed by atoms with Crippen LogP contribution in [0, 0.1) is 0 Å². The smallest absolute Gasteiger partial charge is 0.452 e. The number of benzene rings is 2. The van der Waals surface area contributed by atoms with Gasteiger partial charge in [0.2, 0.25) is 0 Å². The highest BCUT2D eigenvalue weighted by atomic mass is 19.4. The van der Waals surface area contributed by atoms with Gasteiger partial charge in [-0.3, -0.25) is 14.9 Å². The molecule has 0 fully saturated rings. The topological polar surface area (TPSA) is 81.7 Å². The largest absolute Gasteiger partial charge is 0.573 e. The Morgan fingerprint density at radius 3 is 2.08 bits per heavy atom. The monoisotopic (exact) mass is 367 g/mol. The second-order valence-corrected chi connectivity index (χ2v) is 4.89. The van der Waals surface area contributed by atoms with E-state index in [1.165, 1.54) is 12.1 Å². The lowest BCUT2D eigenvalue weighted by atomic mass is 10.2. The van der Waals surface area contributed by atoms with Crippen molar-refractivity contribution in [3.05, 3.63) is 65.7 Å². The summed E-state index contributed by atoms with van der Waals surface area (Å²) >= 11 is 0. The van der Waals surface area contributed by atoms with E-state index in [9.17, 15) is 27.6 Å². The molecule has 0 bridgehead atoms. The third-order valence-corrected chi connectivity index (χ3v) is 2.95. The number of esters is 1. The fraction of sp³-hybridized carbons (Fsp3) is 0.118. The first-order chi connectivity index (χ1) is 12.2. The van der Waals surface area contributed by atoms with Gasteiger partial charge in [0.05, 0.1) is 5.56 Å². The van der Waals surface area contributed by atoms with Crippen LogP contribution in [0.2, 0.25) is 0 Å². The van der Waals surface area contributed by atoms with Gasteiger partial charge >= 0.3 is 12.3 Å². The van der Waals surface area contributed by atoms with Crippen molar-refractivity contribution in [2.75, 3.05) is 6.61 Å². The van der Waals surface area contributed by atoms with Crippen molar-refractivity contribution in [3.8, 4) is 5.75 Å². The maximum Gasteiger partial charge on any atom is 0.573 e. The number of rotatable bonds is 5. The molecule has 0 unspecified atom stereocenters. The summed E-state index contributed by atoms with van der Waals surface area (Å²) in [5.74, 6) is -2.93. The number of amides is 2. The third kappa shape index (κ3) is 5.93. The first-order valence-corrected chi connectivity index (χ1v) is 7.17. The van der Waals surface area contributed by atoms with Gasteiger partial charge in [0.1, 0.15) is 5.75 Å². The molecule has 9 heteroatoms. The Labute approximate surface area is 145 Å². The number of ether oxygens (including phenoxy) is 2. The van der Waals surface area contributed by atoms with E-state index in [1.807, 2.05) is 5.32 Å². The Morgan fingerprint density at radius 2 is 1.50 bits per heavy atom. The highest BCUT2D eigenvalue weighted by Gasteiger charge is 2.31. The van der Waals surface area contributed by atoms with Gasteiger partial charge in [-0.1, -0.05) is 18.2 Å². The molecular formula is C17H12F3NO5. The van der Waals surface area contributed by atoms with E-state index in [2.05, 4.69) is 4.74 Å². The van der Waals surface area contributed by atoms with Crippen LogP contribution in [-0.4, -0.2) is 30.8 Å². The third-order valence-electron chi connectivity index (χ3n) is 2.95. The Bertz CT molecular complexity index is 788. The molecule has 136 valence electrons. The van der Waals surface area contributed by atoms with Gasteiger partial charge in [-0.15, -0.1) is 13.2 Å². The van der Waals surface area contributed by atoms with E-state index in [-0.39, 0.29) is 11.1 Å². The van der Waals surface area contributed by atoms with Crippen LogP contribution in [0.4, 0.5) is 13.2 Å². The molecule has 0 spiro atoms. The highest BCUT2D eigenvalue weighted by molar-refractivity contribution is 6.05. The van der Waals surface area contributed by atoms with Gasteiger partial charge in [-0.2, -0.15) is 0 Å². The van der Waals surface area contributed by atoms with Crippen LogP contribution in [-0.2, 0) is 9.53 Å². The molecule has 0 aliphatic rings. The van der Waals surface area contributed by atoms with Crippen LogP contribution in [0.25, 0.3) is 0 Å². The van der Waals surface area contributed by atoms with Crippen molar-refractivity contribution in [2.45, 2.75) is 6.36 Å². The maximum atomic E-state index is 12.1. The zero-order valence-electron chi connectivity index (χ0n) is 13.1. The normalized spacial score (nSPS) is 10.7. The van der Waals surface area contributed by atoms with E-state index in [4.69, 9.17) is 4.74 Å². The summed E-state index contributed by atoms with van der Waals surface area (Å²) in [5, 5.41) is 2.04. The van der Waals surface area contributed by atoms with E-state index in [1.54, 1.807) is 18.2 Å². The second kappa shape index (κ2) is 8.15. The molecule has 6 nitrogen and oxygen atoms in total. The summed E-state index contributed by atoms with van der Waals surface area (Å²) in [6, 6.07) is 11.9. The van der Waals surface area contributed by atoms with Crippen LogP contribution in [0.15, 0.2) is 54.6 Å². The minimum absolute atomic E-state index is 0.0817. The number of hydrogen-bond acceptors (Lipinski definition) is 5. The predicted octanol–water partition coefficient (Wildman–Crippen LogP) is 2.70. The molecule has 1 N–H and O–H groups in total. The zero-order valence-corrected chi connectivity index (χ0v) is 13.1. The Morgan fingerprint density at radius 1 is 0.885 bits per heavy atom. The quantitative estimate of drug-likeness (QED) is 0.822. The summed E-state index contributed by atoms with van der Waals surface area (Å²) in [6.45, 7) is -0.724. The molecule has 2 rings (SSSR count). The predicted molar refractivity (Wildman–Crippen MR) is 82.3 cm³/mol. The van der Waals surface area contributed by atoms with Gasteiger partial charge in [0.25, 0.3) is 11.8 Å². The number of carbonyl (C=O) groups excluding carboxylic acids is 3. The molecule has 0 atom stereocenters. The van der Waals surface area contributed by atoms with Crippen LogP contribution >= 0.6 is 0 Å². The van der Waals surface area contributed by atoms with Crippen molar-refractivity contribution < 1.29 is 37.0 Å². The molecule has 26 heavy (non-hydrogen) atoms. The minimum Gasteiger partial charge on any atom is -0.452 e. The van der Waals surface area contributed by atoms with Gasteiger partial charge < -0.3 is 9.47 Å². The maximum absolute atomic E-state index is 12.1. The average molecular weight is 367 g/mol. The van der Waals surface area contributed by atoms with Crippen molar-refractivity contribution in [1.82, 2.24) is 5.32 Å². The number of nitrogens with one attached hydrogen (secondary N) is 1. The first-order valence-electron chi connectivity index (χ1n) is 7.17. The standard InChI is InChI=1S/C17H12F3NO5/c18-17(19,20)26-13-8-6-12(7-9-13)16(24)25-10-14(22)21-15(23)11-4-2-1-3-5-11/h1-9H,10H2,(H,21,22,23). The Hall–Kier alpha value is -3.36. The Kier molecular flexibility index (Phi) is 5.94. The second-order valence-electron chi connectivity index (χ2n) is 4.89. The summed E-state index contributed by atoms with van der Waals surface area (Å²) < 4.78 is 44.5. The summed E-state index contributed by atoms with van der Waals surface area (Å²) in [4.78, 5) is 35.1. The number of halogens is 3. The zero-order chi connectivity index (χ0) is 19.2. The van der Waals surface area contributed by atoms with Gasteiger partial charge in [0, 0.05) is 5.56 Å². The summed E-state index contributed by atoms with van der Waals surface area (Å²) in [5.41, 5.74) is 0.175. The first kappa shape index (κ1) is 19.0. The number of imide groups is 1. The van der Waals surface area contributed by atoms with Crippen molar-refractivity contribution >= 4 is 17.8 Å². The van der Waals surface area contributed by atoms with Crippen LogP contribution < -0.4 is 10.1 Å². The van der Waals surface area contributed by atoms with Crippen molar-refractivity contribution in [1.29, 1.82) is 0 Å². The lowest BCUT2D eigenvalue weighted by Gasteiger charge is -2.09. The summed E-state index contributed by atoms with van der Waals surface area (Å²) in [7, 11) is 0. The fourth-order valence-electron chi connectivity index (χ4n) is 1.83. The lowest BCUT2D eigenvalue weighted by Crippen LogP contribution is -2.34. The van der Waals surface area contributed by atoms with Gasteiger partial charge in [-0.05, 0) is 36.4 Å².